The third kappa shape index (κ3) is 25.5. The van der Waals surface area contributed by atoms with Gasteiger partial charge in [-0.2, -0.15) is 0 Å². The zero-order chi connectivity index (χ0) is 16.4. The first kappa shape index (κ1) is 26.2. The molecule has 0 aliphatic carbocycles. The van der Waals surface area contributed by atoms with Gasteiger partial charge in [-0.05, 0) is 0 Å². The number of phosphoric ester groups is 2. The Morgan fingerprint density at radius 3 is 1.24 bits per heavy atom. The van der Waals surface area contributed by atoms with Gasteiger partial charge in [-0.3, -0.25) is 18.7 Å². The van der Waals surface area contributed by atoms with Crippen molar-refractivity contribution < 1.29 is 57.6 Å². The molecule has 15 heteroatoms. The molecule has 0 saturated carbocycles. The van der Waals surface area contributed by atoms with Gasteiger partial charge in [0, 0.05) is 0 Å². The van der Waals surface area contributed by atoms with E-state index in [2.05, 4.69) is 9.05 Å². The van der Waals surface area contributed by atoms with E-state index in [0.717, 1.165) is 0 Å². The normalized spacial score (nSPS) is 15.5. The summed E-state index contributed by atoms with van der Waals surface area (Å²) in [6.07, 6.45) is 0. The Morgan fingerprint density at radius 1 is 0.857 bits per heavy atom. The predicted octanol–water partition coefficient (Wildman–Crippen LogP) is -4.33. The maximum Gasteiger partial charge on any atom is 2.00 e. The molecule has 2 atom stereocenters. The predicted molar refractivity (Wildman–Crippen MR) is 61.5 cm³/mol. The fraction of sp³-hybridized carbons (Fsp3) is 0.667. The van der Waals surface area contributed by atoms with Crippen LogP contribution in [0.1, 0.15) is 0 Å². The molecular formula is C6H12MgO12P2. The van der Waals surface area contributed by atoms with Crippen LogP contribution in [0.3, 0.4) is 0 Å². The summed E-state index contributed by atoms with van der Waals surface area (Å²) in [5.74, 6) is -1.63. The van der Waals surface area contributed by atoms with E-state index in [-0.39, 0.29) is 23.1 Å². The van der Waals surface area contributed by atoms with Gasteiger partial charge in [-0.15, -0.1) is 0 Å². The molecule has 0 amide bonds. The molecule has 0 radical (unpaired) electrons. The molecule has 0 aliphatic heterocycles. The van der Waals surface area contributed by atoms with E-state index in [1.807, 2.05) is 0 Å². The molecule has 0 aromatic carbocycles. The van der Waals surface area contributed by atoms with Crippen LogP contribution in [0.15, 0.2) is 0 Å². The number of ketones is 2. The van der Waals surface area contributed by atoms with E-state index < -0.39 is 53.6 Å². The van der Waals surface area contributed by atoms with Crippen LogP contribution in [-0.4, -0.2) is 81.0 Å². The average molecular weight is 362 g/mol. The molecule has 4 N–H and O–H groups in total. The summed E-state index contributed by atoms with van der Waals surface area (Å²) in [5, 5.41) is 16.1. The minimum atomic E-state index is -4.81. The number of phosphoric acid groups is 2. The number of carbonyl (C=O) groups is 2. The van der Waals surface area contributed by atoms with Crippen LogP contribution in [0, 0.1) is 0 Å². The molecule has 0 aromatic rings. The Hall–Kier alpha value is 0.246. The van der Waals surface area contributed by atoms with Crippen LogP contribution >= 0.6 is 15.6 Å². The Kier molecular flexibility index (Phi) is 15.9. The van der Waals surface area contributed by atoms with E-state index in [1.54, 1.807) is 0 Å². The number of rotatable bonds is 8. The summed E-state index contributed by atoms with van der Waals surface area (Å²) < 4.78 is 26.8. The van der Waals surface area contributed by atoms with Gasteiger partial charge in [0.1, 0.15) is 26.4 Å². The second-order valence-corrected chi connectivity index (χ2v) is 5.27. The van der Waals surface area contributed by atoms with Crippen molar-refractivity contribution >= 4 is 50.3 Å². The van der Waals surface area contributed by atoms with Gasteiger partial charge in [0.15, 0.2) is 11.6 Å². The quantitative estimate of drug-likeness (QED) is 0.238. The molecule has 12 nitrogen and oxygen atoms in total. The molecule has 21 heavy (non-hydrogen) atoms. The van der Waals surface area contributed by atoms with Crippen LogP contribution in [-0.2, 0) is 27.8 Å². The fourth-order valence-corrected chi connectivity index (χ4v) is 1.01. The number of hydrogen-bond acceptors (Lipinski definition) is 10. The summed E-state index contributed by atoms with van der Waals surface area (Å²) >= 11 is 0. The average Bonchev–Trinajstić information content (AvgIpc) is 2.31. The Morgan fingerprint density at radius 2 is 1.10 bits per heavy atom. The second-order valence-electron chi connectivity index (χ2n) is 2.88. The van der Waals surface area contributed by atoms with Gasteiger partial charge in [-0.25, -0.2) is 0 Å². The van der Waals surface area contributed by atoms with Crippen LogP contribution in [0.5, 0.6) is 0 Å². The topological polar surface area (TPSA) is 214 Å². The van der Waals surface area contributed by atoms with Crippen molar-refractivity contribution in [1.82, 2.24) is 0 Å². The van der Waals surface area contributed by atoms with Gasteiger partial charge < -0.3 is 38.8 Å². The molecule has 0 fully saturated rings. The molecule has 0 saturated heterocycles. The van der Waals surface area contributed by atoms with Crippen LogP contribution in [0.4, 0.5) is 0 Å². The molecule has 0 bridgehead atoms. The van der Waals surface area contributed by atoms with Crippen molar-refractivity contribution in [3.05, 3.63) is 0 Å². The third-order valence-electron chi connectivity index (χ3n) is 1.13. The Balaban J connectivity index is -0.000000295. The van der Waals surface area contributed by atoms with E-state index in [1.165, 1.54) is 0 Å². The largest absolute Gasteiger partial charge is 2.00 e. The van der Waals surface area contributed by atoms with Crippen molar-refractivity contribution in [3.63, 3.8) is 0 Å². The minimum absolute atomic E-state index is 0. The summed E-state index contributed by atoms with van der Waals surface area (Å²) in [5.41, 5.74) is 0. The molecule has 0 aromatic heterocycles. The smallest absolute Gasteiger partial charge is 0.756 e. The summed E-state index contributed by atoms with van der Waals surface area (Å²) in [7, 11) is -9.63. The molecule has 120 valence electrons. The zero-order valence-electron chi connectivity index (χ0n) is 10.5. The Bertz CT molecular complexity index is 361. The molecule has 0 spiro atoms. The Labute approximate surface area is 134 Å². The first-order chi connectivity index (χ1) is 8.91. The number of aliphatic hydroxyl groups is 2. The fourth-order valence-electron chi connectivity index (χ4n) is 0.398. The first-order valence-electron chi connectivity index (χ1n) is 4.53. The van der Waals surface area contributed by atoms with Crippen LogP contribution in [0.2, 0.25) is 0 Å². The maximum atomic E-state index is 10.1. The van der Waals surface area contributed by atoms with Crippen LogP contribution in [0.25, 0.3) is 0 Å². The molecule has 2 unspecified atom stereocenters. The molecular weight excluding hydrogens is 350 g/mol. The number of carbonyl (C=O) groups excluding carboxylic acids is 2. The number of aliphatic hydroxyl groups excluding tert-OH is 2. The monoisotopic (exact) mass is 362 g/mol. The van der Waals surface area contributed by atoms with Gasteiger partial charge >= 0.3 is 23.1 Å². The van der Waals surface area contributed by atoms with Crippen molar-refractivity contribution in [1.29, 1.82) is 0 Å². The summed E-state index contributed by atoms with van der Waals surface area (Å²) in [4.78, 5) is 55.6. The van der Waals surface area contributed by atoms with Gasteiger partial charge in [0.25, 0.3) is 15.6 Å². The number of hydrogen-bond donors (Lipinski definition) is 4. The summed E-state index contributed by atoms with van der Waals surface area (Å²) in [6, 6.07) is 0. The number of Topliss-reactive ketones (excluding diaryl/α,β-unsaturated/α-hetero) is 2. The maximum absolute atomic E-state index is 10.1. The van der Waals surface area contributed by atoms with Crippen molar-refractivity contribution in [2.75, 3.05) is 26.4 Å². The van der Waals surface area contributed by atoms with E-state index in [0.29, 0.717) is 0 Å². The van der Waals surface area contributed by atoms with Gasteiger partial charge in [0.2, 0.25) is 0 Å². The van der Waals surface area contributed by atoms with E-state index >= 15 is 0 Å². The minimum Gasteiger partial charge on any atom is -0.756 e. The van der Waals surface area contributed by atoms with Crippen molar-refractivity contribution in [3.8, 4) is 0 Å². The standard InChI is InChI=1S/2C3H7O6P.Mg/c2*4-1-3(5)2-9-10(6,7)8;/h2*4H,1-2H2,(H2,6,7,8);/q;;+2/p-2. The second kappa shape index (κ2) is 12.8. The first-order valence-corrected chi connectivity index (χ1v) is 7.52. The molecule has 0 aliphatic rings. The van der Waals surface area contributed by atoms with Crippen molar-refractivity contribution in [2.24, 2.45) is 0 Å². The van der Waals surface area contributed by atoms with E-state index in [4.69, 9.17) is 20.0 Å². The summed E-state index contributed by atoms with van der Waals surface area (Å²) in [6.45, 7) is -3.26. The molecule has 0 heterocycles. The third-order valence-corrected chi connectivity index (χ3v) is 2.04. The van der Waals surface area contributed by atoms with E-state index in [9.17, 15) is 28.5 Å². The SMILES string of the molecule is O=C(CO)COP(=O)([O-])O.O=C(CO)COP(=O)([O-])O.[Mg+2]. The molecule has 0 rings (SSSR count). The zero-order valence-corrected chi connectivity index (χ0v) is 13.7. The van der Waals surface area contributed by atoms with Gasteiger partial charge in [-0.1, -0.05) is 0 Å². The van der Waals surface area contributed by atoms with Crippen molar-refractivity contribution in [2.45, 2.75) is 0 Å². The van der Waals surface area contributed by atoms with Crippen LogP contribution < -0.4 is 9.79 Å². The van der Waals surface area contributed by atoms with Gasteiger partial charge in [0.05, 0.1) is 0 Å².